The van der Waals surface area contributed by atoms with Crippen molar-refractivity contribution >= 4 is 44.6 Å². The highest BCUT2D eigenvalue weighted by Crippen LogP contribution is 2.38. The Bertz CT molecular complexity index is 1710. The molecule has 0 spiro atoms. The number of nitro groups is 1. The molecule has 1 amide bonds. The Morgan fingerprint density at radius 2 is 1.81 bits per heavy atom. The molecule has 1 heterocycles. The molecule has 1 aromatic heterocycles. The molecule has 0 aliphatic carbocycles. The first-order chi connectivity index (χ1) is 17.8. The highest BCUT2D eigenvalue weighted by molar-refractivity contribution is 6.06. The molecule has 5 aromatic rings. The van der Waals surface area contributed by atoms with Gasteiger partial charge in [-0.2, -0.15) is 0 Å². The number of furan rings is 1. The van der Waals surface area contributed by atoms with E-state index in [1.54, 1.807) is 26.4 Å². The molecule has 1 N–H and O–H groups in total. The van der Waals surface area contributed by atoms with E-state index in [1.165, 1.54) is 18.2 Å². The first-order valence-electron chi connectivity index (χ1n) is 11.7. The summed E-state index contributed by atoms with van der Waals surface area (Å²) in [6.45, 7) is 3.60. The van der Waals surface area contributed by atoms with Gasteiger partial charge in [-0.15, -0.1) is 0 Å². The molecule has 0 atom stereocenters. The van der Waals surface area contributed by atoms with E-state index in [0.29, 0.717) is 22.6 Å². The lowest BCUT2D eigenvalue weighted by molar-refractivity contribution is -0.384. The Morgan fingerprint density at radius 1 is 1.03 bits per heavy atom. The maximum absolute atomic E-state index is 12.8. The Labute approximate surface area is 213 Å². The predicted molar refractivity (Wildman–Crippen MR) is 146 cm³/mol. The number of fused-ring (bicyclic) bond motifs is 2. The number of anilines is 1. The Balaban J connectivity index is 1.51. The number of nitrogens with one attached hydrogen (secondary N) is 1. The van der Waals surface area contributed by atoms with Crippen LogP contribution in [-0.2, 0) is 4.79 Å². The molecule has 184 valence electrons. The molecule has 0 saturated carbocycles. The monoisotopic (exact) mass is 492 g/mol. The molecule has 37 heavy (non-hydrogen) atoms. The first-order valence-corrected chi connectivity index (χ1v) is 11.7. The molecule has 0 unspecified atom stereocenters. The highest BCUT2D eigenvalue weighted by atomic mass is 16.6. The summed E-state index contributed by atoms with van der Waals surface area (Å²) in [6, 6.07) is 22.6. The summed E-state index contributed by atoms with van der Waals surface area (Å²) in [7, 11) is 1.57. The van der Waals surface area contributed by atoms with Crippen LogP contribution in [-0.4, -0.2) is 17.9 Å². The minimum absolute atomic E-state index is 0.0881. The van der Waals surface area contributed by atoms with Gasteiger partial charge in [-0.1, -0.05) is 42.5 Å². The number of carbonyl (C=O) groups excluding carboxylic acids is 1. The van der Waals surface area contributed by atoms with Crippen molar-refractivity contribution in [2.75, 3.05) is 12.4 Å². The third-order valence-corrected chi connectivity index (χ3v) is 6.42. The number of hydrogen-bond acceptors (Lipinski definition) is 5. The van der Waals surface area contributed by atoms with Crippen LogP contribution in [0.4, 0.5) is 11.4 Å². The SMILES string of the molecule is COc1cc2occ(-c3ccc4ccccc4c3)c2cc1/C(C)=C/C(=O)Nc1cc([N+](=O)[O-])ccc1C. The van der Waals surface area contributed by atoms with Crippen LogP contribution in [0.25, 0.3) is 38.4 Å². The van der Waals surface area contributed by atoms with Crippen LogP contribution >= 0.6 is 0 Å². The zero-order valence-corrected chi connectivity index (χ0v) is 20.6. The zero-order valence-electron chi connectivity index (χ0n) is 20.6. The van der Waals surface area contributed by atoms with Gasteiger partial charge in [0.25, 0.3) is 5.69 Å². The minimum Gasteiger partial charge on any atom is -0.496 e. The Hall–Kier alpha value is -4.91. The van der Waals surface area contributed by atoms with E-state index in [1.807, 2.05) is 31.2 Å². The molecule has 0 fully saturated rings. The van der Waals surface area contributed by atoms with Crippen molar-refractivity contribution in [2.45, 2.75) is 13.8 Å². The number of nitro benzene ring substituents is 1. The highest BCUT2D eigenvalue weighted by Gasteiger charge is 2.16. The number of aryl methyl sites for hydroxylation is 1. The van der Waals surface area contributed by atoms with E-state index in [9.17, 15) is 14.9 Å². The molecular weight excluding hydrogens is 468 g/mol. The summed E-state index contributed by atoms with van der Waals surface area (Å²) in [5.74, 6) is 0.171. The van der Waals surface area contributed by atoms with Gasteiger partial charge in [-0.25, -0.2) is 0 Å². The van der Waals surface area contributed by atoms with Crippen LogP contribution in [0.2, 0.25) is 0 Å². The van der Waals surface area contributed by atoms with E-state index in [-0.39, 0.29) is 5.69 Å². The standard InChI is InChI=1S/C30H24N2O5/c1-18-8-11-23(32(34)35)14-27(18)31-30(33)12-19(2)24-15-25-26(17-37-29(25)16-28(24)36-3)22-10-9-20-6-4-5-7-21(20)13-22/h4-17H,1-3H3,(H,31,33)/b19-12+. The van der Waals surface area contributed by atoms with Crippen LogP contribution in [0.5, 0.6) is 5.75 Å². The van der Waals surface area contributed by atoms with Crippen LogP contribution in [0.3, 0.4) is 0 Å². The Morgan fingerprint density at radius 3 is 2.57 bits per heavy atom. The summed E-state index contributed by atoms with van der Waals surface area (Å²) in [6.07, 6.45) is 3.19. The van der Waals surface area contributed by atoms with Crippen molar-refractivity contribution in [3.05, 3.63) is 106 Å². The summed E-state index contributed by atoms with van der Waals surface area (Å²) >= 11 is 0. The molecule has 0 aliphatic rings. The number of amides is 1. The maximum atomic E-state index is 12.8. The molecular formula is C30H24N2O5. The van der Waals surface area contributed by atoms with Gasteiger partial charge in [0.05, 0.1) is 24.0 Å². The summed E-state index contributed by atoms with van der Waals surface area (Å²) in [4.78, 5) is 23.5. The fourth-order valence-corrected chi connectivity index (χ4v) is 4.41. The van der Waals surface area contributed by atoms with Gasteiger partial charge in [-0.3, -0.25) is 14.9 Å². The predicted octanol–water partition coefficient (Wildman–Crippen LogP) is 7.52. The quantitative estimate of drug-likeness (QED) is 0.150. The number of allylic oxidation sites excluding steroid dienone is 1. The lowest BCUT2D eigenvalue weighted by atomic mass is 9.97. The van der Waals surface area contributed by atoms with Crippen LogP contribution in [0.15, 0.2) is 89.6 Å². The molecule has 0 bridgehead atoms. The number of benzene rings is 4. The van der Waals surface area contributed by atoms with E-state index in [4.69, 9.17) is 9.15 Å². The first kappa shape index (κ1) is 23.8. The number of carbonyl (C=O) groups is 1. The van der Waals surface area contributed by atoms with Crippen molar-refractivity contribution in [2.24, 2.45) is 0 Å². The van der Waals surface area contributed by atoms with Gasteiger partial charge in [0.15, 0.2) is 0 Å². The van der Waals surface area contributed by atoms with Gasteiger partial charge in [-0.05, 0) is 53.5 Å². The minimum atomic E-state index is -0.492. The van der Waals surface area contributed by atoms with E-state index >= 15 is 0 Å². The smallest absolute Gasteiger partial charge is 0.271 e. The number of nitrogens with zero attached hydrogens (tertiary/aromatic N) is 1. The van der Waals surface area contributed by atoms with Crippen molar-refractivity contribution in [1.29, 1.82) is 0 Å². The number of methoxy groups -OCH3 is 1. The fourth-order valence-electron chi connectivity index (χ4n) is 4.41. The molecule has 4 aromatic carbocycles. The maximum Gasteiger partial charge on any atom is 0.271 e. The summed E-state index contributed by atoms with van der Waals surface area (Å²) < 4.78 is 11.5. The van der Waals surface area contributed by atoms with Gasteiger partial charge < -0.3 is 14.5 Å². The second-order valence-electron chi connectivity index (χ2n) is 8.83. The van der Waals surface area contributed by atoms with E-state index in [2.05, 4.69) is 35.6 Å². The van der Waals surface area contributed by atoms with Gasteiger partial charge in [0, 0.05) is 40.8 Å². The number of hydrogen-bond donors (Lipinski definition) is 1. The van der Waals surface area contributed by atoms with Crippen molar-refractivity contribution in [3.8, 4) is 16.9 Å². The third kappa shape index (κ3) is 4.67. The average Bonchev–Trinajstić information content (AvgIpc) is 3.31. The number of ether oxygens (including phenoxy) is 1. The van der Waals surface area contributed by atoms with Gasteiger partial charge in [0.2, 0.25) is 5.91 Å². The number of non-ortho nitro benzene ring substituents is 1. The van der Waals surface area contributed by atoms with E-state index < -0.39 is 10.8 Å². The fraction of sp³-hybridized carbons (Fsp3) is 0.100. The second kappa shape index (κ2) is 9.62. The summed E-state index contributed by atoms with van der Waals surface area (Å²) in [5, 5.41) is 17.1. The topological polar surface area (TPSA) is 94.6 Å². The largest absolute Gasteiger partial charge is 0.496 e. The lowest BCUT2D eigenvalue weighted by Crippen LogP contribution is -2.10. The van der Waals surface area contributed by atoms with Crippen molar-refractivity contribution in [3.63, 3.8) is 0 Å². The molecule has 5 rings (SSSR count). The van der Waals surface area contributed by atoms with Crippen LogP contribution in [0, 0.1) is 17.0 Å². The Kier molecular flexibility index (Phi) is 6.19. The zero-order chi connectivity index (χ0) is 26.1. The summed E-state index contributed by atoms with van der Waals surface area (Å²) in [5.41, 5.74) is 5.07. The molecule has 7 nitrogen and oxygen atoms in total. The van der Waals surface area contributed by atoms with Crippen molar-refractivity contribution in [1.82, 2.24) is 0 Å². The normalized spacial score (nSPS) is 11.6. The molecule has 0 radical (unpaired) electrons. The van der Waals surface area contributed by atoms with E-state index in [0.717, 1.165) is 38.4 Å². The molecule has 7 heteroatoms. The second-order valence-corrected chi connectivity index (χ2v) is 8.83. The van der Waals surface area contributed by atoms with Gasteiger partial charge >= 0.3 is 0 Å². The number of rotatable bonds is 6. The lowest BCUT2D eigenvalue weighted by Gasteiger charge is -2.11. The molecule has 0 aliphatic heterocycles. The molecule has 0 saturated heterocycles. The third-order valence-electron chi connectivity index (χ3n) is 6.42. The van der Waals surface area contributed by atoms with Gasteiger partial charge in [0.1, 0.15) is 11.3 Å². The van der Waals surface area contributed by atoms with Crippen LogP contribution in [0.1, 0.15) is 18.1 Å². The van der Waals surface area contributed by atoms with Crippen molar-refractivity contribution < 1.29 is 18.9 Å². The average molecular weight is 493 g/mol. The van der Waals surface area contributed by atoms with Crippen LogP contribution < -0.4 is 10.1 Å².